The Balaban J connectivity index is 1.66. The molecule has 0 spiro atoms. The largest absolute Gasteiger partial charge is 0.377 e. The monoisotopic (exact) mass is 335 g/mol. The van der Waals surface area contributed by atoms with Gasteiger partial charge in [0.25, 0.3) is 0 Å². The SMILES string of the molecule is O=S(=O)(CC1CCCCO1)NCc1ccccc1-n1cccn1. The molecule has 1 unspecified atom stereocenters. The van der Waals surface area contributed by atoms with E-state index in [9.17, 15) is 8.42 Å². The molecule has 23 heavy (non-hydrogen) atoms. The molecule has 1 aromatic carbocycles. The van der Waals surface area contributed by atoms with Gasteiger partial charge >= 0.3 is 0 Å². The van der Waals surface area contributed by atoms with Crippen LogP contribution in [0.5, 0.6) is 0 Å². The van der Waals surface area contributed by atoms with Gasteiger partial charge in [0.15, 0.2) is 0 Å². The highest BCUT2D eigenvalue weighted by atomic mass is 32.2. The van der Waals surface area contributed by atoms with E-state index in [0.717, 1.165) is 30.5 Å². The number of para-hydroxylation sites is 1. The molecule has 1 saturated heterocycles. The van der Waals surface area contributed by atoms with Crippen LogP contribution in [0.15, 0.2) is 42.7 Å². The first kappa shape index (κ1) is 16.2. The zero-order valence-corrected chi connectivity index (χ0v) is 13.7. The number of sulfonamides is 1. The molecular formula is C16H21N3O3S. The van der Waals surface area contributed by atoms with Crippen LogP contribution in [0.25, 0.3) is 5.69 Å². The maximum Gasteiger partial charge on any atom is 0.214 e. The van der Waals surface area contributed by atoms with E-state index >= 15 is 0 Å². The van der Waals surface area contributed by atoms with Crippen LogP contribution in [0, 0.1) is 0 Å². The van der Waals surface area contributed by atoms with Gasteiger partial charge in [-0.15, -0.1) is 0 Å². The lowest BCUT2D eigenvalue weighted by Crippen LogP contribution is -2.35. The summed E-state index contributed by atoms with van der Waals surface area (Å²) in [4.78, 5) is 0. The molecule has 7 heteroatoms. The third-order valence-corrected chi connectivity index (χ3v) is 5.30. The van der Waals surface area contributed by atoms with Gasteiger partial charge < -0.3 is 4.74 Å². The highest BCUT2D eigenvalue weighted by Crippen LogP contribution is 2.16. The Hall–Kier alpha value is -1.70. The predicted molar refractivity (Wildman–Crippen MR) is 87.8 cm³/mol. The maximum absolute atomic E-state index is 12.3. The van der Waals surface area contributed by atoms with Crippen LogP contribution in [0.2, 0.25) is 0 Å². The Morgan fingerprint density at radius 3 is 2.87 bits per heavy atom. The normalized spacial score (nSPS) is 18.9. The van der Waals surface area contributed by atoms with Crippen molar-refractivity contribution in [3.63, 3.8) is 0 Å². The van der Waals surface area contributed by atoms with Crippen LogP contribution in [-0.2, 0) is 21.3 Å². The van der Waals surface area contributed by atoms with Crippen LogP contribution in [0.4, 0.5) is 0 Å². The van der Waals surface area contributed by atoms with Crippen molar-refractivity contribution < 1.29 is 13.2 Å². The molecule has 1 aromatic heterocycles. The van der Waals surface area contributed by atoms with Crippen molar-refractivity contribution in [1.29, 1.82) is 0 Å². The van der Waals surface area contributed by atoms with E-state index < -0.39 is 10.0 Å². The molecule has 2 aromatic rings. The summed E-state index contributed by atoms with van der Waals surface area (Å²) in [7, 11) is -3.37. The molecule has 1 N–H and O–H groups in total. The zero-order chi connectivity index (χ0) is 16.1. The standard InChI is InChI=1S/C16H21N3O3S/c20-23(21,13-15-7-3-4-11-22-15)18-12-14-6-1-2-8-16(14)19-10-5-9-17-19/h1-2,5-6,8-10,15,18H,3-4,7,11-13H2. The summed E-state index contributed by atoms with van der Waals surface area (Å²) in [5.74, 6) is 0.0247. The summed E-state index contributed by atoms with van der Waals surface area (Å²) in [6.45, 7) is 0.896. The maximum atomic E-state index is 12.3. The molecular weight excluding hydrogens is 314 g/mol. The summed E-state index contributed by atoms with van der Waals surface area (Å²) in [6, 6.07) is 9.45. The second kappa shape index (κ2) is 7.25. The van der Waals surface area contributed by atoms with Crippen LogP contribution in [-0.4, -0.2) is 36.7 Å². The number of benzene rings is 1. The topological polar surface area (TPSA) is 73.2 Å². The molecule has 6 nitrogen and oxygen atoms in total. The minimum absolute atomic E-state index is 0.0247. The molecule has 1 fully saturated rings. The number of nitrogens with one attached hydrogen (secondary N) is 1. The van der Waals surface area contributed by atoms with E-state index in [0.29, 0.717) is 6.61 Å². The van der Waals surface area contributed by atoms with Crippen LogP contribution in [0.1, 0.15) is 24.8 Å². The summed E-state index contributed by atoms with van der Waals surface area (Å²) >= 11 is 0. The van der Waals surface area contributed by atoms with Crippen LogP contribution >= 0.6 is 0 Å². The molecule has 1 aliphatic heterocycles. The van der Waals surface area contributed by atoms with E-state index in [2.05, 4.69) is 9.82 Å². The lowest BCUT2D eigenvalue weighted by Gasteiger charge is -2.22. The molecule has 124 valence electrons. The van der Waals surface area contributed by atoms with Gasteiger partial charge in [-0.3, -0.25) is 0 Å². The van der Waals surface area contributed by atoms with E-state index in [1.165, 1.54) is 0 Å². The molecule has 1 atom stereocenters. The number of nitrogens with zero attached hydrogens (tertiary/aromatic N) is 2. The van der Waals surface area contributed by atoms with E-state index in [1.54, 1.807) is 10.9 Å². The first-order chi connectivity index (χ1) is 11.1. The van der Waals surface area contributed by atoms with Crippen LogP contribution < -0.4 is 4.72 Å². The van der Waals surface area contributed by atoms with Crippen molar-refractivity contribution in [3.8, 4) is 5.69 Å². The fraction of sp³-hybridized carbons (Fsp3) is 0.438. The Morgan fingerprint density at radius 2 is 2.13 bits per heavy atom. The Labute approximate surface area is 136 Å². The van der Waals surface area contributed by atoms with Crippen LogP contribution in [0.3, 0.4) is 0 Å². The van der Waals surface area contributed by atoms with Gasteiger partial charge in [0.2, 0.25) is 10.0 Å². The predicted octanol–water partition coefficient (Wildman–Crippen LogP) is 1.86. The third kappa shape index (κ3) is 4.40. The van der Waals surface area contributed by atoms with Crippen molar-refractivity contribution in [1.82, 2.24) is 14.5 Å². The smallest absolute Gasteiger partial charge is 0.214 e. The quantitative estimate of drug-likeness (QED) is 0.874. The highest BCUT2D eigenvalue weighted by molar-refractivity contribution is 7.89. The summed E-state index contributed by atoms with van der Waals surface area (Å²) in [5.41, 5.74) is 1.75. The van der Waals surface area contributed by atoms with Crippen molar-refractivity contribution in [2.45, 2.75) is 31.9 Å². The first-order valence-corrected chi connectivity index (χ1v) is 9.46. The minimum Gasteiger partial charge on any atom is -0.377 e. The number of aromatic nitrogens is 2. The Bertz CT molecular complexity index is 723. The lowest BCUT2D eigenvalue weighted by atomic mass is 10.1. The third-order valence-electron chi connectivity index (χ3n) is 3.90. The summed E-state index contributed by atoms with van der Waals surface area (Å²) < 4.78 is 34.4. The Morgan fingerprint density at radius 1 is 1.26 bits per heavy atom. The van der Waals surface area contributed by atoms with Crippen molar-refractivity contribution in [2.24, 2.45) is 0 Å². The van der Waals surface area contributed by atoms with Gasteiger partial charge in [-0.2, -0.15) is 5.10 Å². The Kier molecular flexibility index (Phi) is 5.09. The van der Waals surface area contributed by atoms with Crippen molar-refractivity contribution >= 4 is 10.0 Å². The van der Waals surface area contributed by atoms with Gasteiger partial charge in [0, 0.05) is 25.5 Å². The van der Waals surface area contributed by atoms with Gasteiger partial charge in [-0.05, 0) is 37.0 Å². The van der Waals surface area contributed by atoms with E-state index in [4.69, 9.17) is 4.74 Å². The number of rotatable bonds is 6. The summed E-state index contributed by atoms with van der Waals surface area (Å²) in [6.07, 6.45) is 6.20. The number of ether oxygens (including phenoxy) is 1. The fourth-order valence-corrected chi connectivity index (χ4v) is 3.97. The lowest BCUT2D eigenvalue weighted by molar-refractivity contribution is 0.0304. The molecule has 3 rings (SSSR count). The number of hydrogen-bond donors (Lipinski definition) is 1. The fourth-order valence-electron chi connectivity index (χ4n) is 2.73. The summed E-state index contributed by atoms with van der Waals surface area (Å²) in [5, 5.41) is 4.20. The highest BCUT2D eigenvalue weighted by Gasteiger charge is 2.22. The van der Waals surface area contributed by atoms with Crippen molar-refractivity contribution in [3.05, 3.63) is 48.3 Å². The van der Waals surface area contributed by atoms with Gasteiger partial charge in [-0.25, -0.2) is 17.8 Å². The van der Waals surface area contributed by atoms with Gasteiger partial charge in [0.05, 0.1) is 17.5 Å². The second-order valence-corrected chi connectivity index (χ2v) is 7.52. The molecule has 0 radical (unpaired) electrons. The molecule has 1 aliphatic rings. The zero-order valence-electron chi connectivity index (χ0n) is 12.9. The number of hydrogen-bond acceptors (Lipinski definition) is 4. The van der Waals surface area contributed by atoms with E-state index in [1.807, 2.05) is 36.5 Å². The molecule has 2 heterocycles. The molecule has 0 bridgehead atoms. The van der Waals surface area contributed by atoms with Gasteiger partial charge in [0.1, 0.15) is 0 Å². The van der Waals surface area contributed by atoms with E-state index in [-0.39, 0.29) is 18.4 Å². The second-order valence-electron chi connectivity index (χ2n) is 5.67. The molecule has 0 aliphatic carbocycles. The first-order valence-electron chi connectivity index (χ1n) is 7.81. The van der Waals surface area contributed by atoms with Crippen molar-refractivity contribution in [2.75, 3.05) is 12.4 Å². The molecule has 0 amide bonds. The minimum atomic E-state index is -3.37. The molecule has 0 saturated carbocycles. The average Bonchev–Trinajstić information content (AvgIpc) is 3.08. The average molecular weight is 335 g/mol. The van der Waals surface area contributed by atoms with Gasteiger partial charge in [-0.1, -0.05) is 18.2 Å².